The Labute approximate surface area is 187 Å². The number of likely N-dealkylation sites (tertiary alicyclic amines) is 1. The zero-order valence-corrected chi connectivity index (χ0v) is 18.1. The maximum absolute atomic E-state index is 13.5. The molecule has 2 aromatic carbocycles. The quantitative estimate of drug-likeness (QED) is 0.705. The molecule has 2 amide bonds. The summed E-state index contributed by atoms with van der Waals surface area (Å²) < 4.78 is 13.5. The first-order valence-corrected chi connectivity index (χ1v) is 11.1. The zero-order valence-electron chi connectivity index (χ0n) is 18.1. The van der Waals surface area contributed by atoms with Crippen molar-refractivity contribution in [1.82, 2.24) is 10.2 Å². The van der Waals surface area contributed by atoms with Gasteiger partial charge in [0, 0.05) is 38.4 Å². The summed E-state index contributed by atoms with van der Waals surface area (Å²) in [7, 11) is 0. The van der Waals surface area contributed by atoms with Crippen molar-refractivity contribution in [2.75, 3.05) is 19.6 Å². The van der Waals surface area contributed by atoms with Crippen molar-refractivity contribution in [2.24, 2.45) is 5.41 Å². The Balaban J connectivity index is 1.55. The molecule has 6 heteroatoms. The lowest BCUT2D eigenvalue weighted by molar-refractivity contribution is -0.155. The first kappa shape index (κ1) is 22.2. The van der Waals surface area contributed by atoms with Crippen LogP contribution in [0.3, 0.4) is 0 Å². The van der Waals surface area contributed by atoms with Gasteiger partial charge >= 0.3 is 0 Å². The molecule has 4 rings (SSSR count). The molecule has 168 valence electrons. The van der Waals surface area contributed by atoms with E-state index in [0.717, 1.165) is 5.56 Å². The predicted octanol–water partition coefficient (Wildman–Crippen LogP) is 3.50. The highest BCUT2D eigenvalue weighted by atomic mass is 19.1. The van der Waals surface area contributed by atoms with Crippen LogP contribution < -0.4 is 5.32 Å². The van der Waals surface area contributed by atoms with E-state index in [9.17, 15) is 19.1 Å². The molecule has 2 aliphatic rings. The van der Waals surface area contributed by atoms with Gasteiger partial charge in [0.2, 0.25) is 5.91 Å². The highest BCUT2D eigenvalue weighted by molar-refractivity contribution is 5.87. The number of rotatable bonds is 5. The lowest BCUT2D eigenvalue weighted by Gasteiger charge is -2.49. The number of piperidine rings is 2. The summed E-state index contributed by atoms with van der Waals surface area (Å²) >= 11 is 0. The van der Waals surface area contributed by atoms with Crippen molar-refractivity contribution in [1.29, 1.82) is 0 Å². The standard InChI is InChI=1S/C26H29FN2O3/c1-2-12-26(32,20-6-4-3-5-7-20)24(31)29-15-13-25(14-16-29)17-23(30)28-18-22(25)19-8-10-21(27)11-9-19/h2-11,22,32H,1,12-18H2,(H,28,30). The summed E-state index contributed by atoms with van der Waals surface area (Å²) in [5.41, 5.74) is -0.404. The molecule has 0 bridgehead atoms. The normalized spacial score (nSPS) is 22.1. The summed E-state index contributed by atoms with van der Waals surface area (Å²) in [6, 6.07) is 15.4. The summed E-state index contributed by atoms with van der Waals surface area (Å²) in [4.78, 5) is 27.5. The van der Waals surface area contributed by atoms with Crippen LogP contribution in [0.4, 0.5) is 4.39 Å². The van der Waals surface area contributed by atoms with E-state index in [1.165, 1.54) is 12.1 Å². The van der Waals surface area contributed by atoms with Gasteiger partial charge in [0.15, 0.2) is 5.60 Å². The third kappa shape index (κ3) is 4.07. The lowest BCUT2D eigenvalue weighted by Crippen LogP contribution is -2.55. The van der Waals surface area contributed by atoms with Gasteiger partial charge in [0.1, 0.15) is 5.82 Å². The van der Waals surface area contributed by atoms with E-state index < -0.39 is 5.60 Å². The van der Waals surface area contributed by atoms with Gasteiger partial charge in [-0.2, -0.15) is 0 Å². The predicted molar refractivity (Wildman–Crippen MR) is 120 cm³/mol. The molecule has 2 atom stereocenters. The number of hydrogen-bond donors (Lipinski definition) is 2. The van der Waals surface area contributed by atoms with E-state index in [0.29, 0.717) is 44.5 Å². The number of carbonyl (C=O) groups is 2. The van der Waals surface area contributed by atoms with Crippen LogP contribution in [0, 0.1) is 11.2 Å². The zero-order chi connectivity index (χ0) is 22.8. The minimum absolute atomic E-state index is 0.00980. The number of aliphatic hydroxyl groups is 1. The van der Waals surface area contributed by atoms with Gasteiger partial charge in [-0.15, -0.1) is 6.58 Å². The van der Waals surface area contributed by atoms with E-state index >= 15 is 0 Å². The van der Waals surface area contributed by atoms with Gasteiger partial charge in [-0.25, -0.2) is 4.39 Å². The monoisotopic (exact) mass is 436 g/mol. The van der Waals surface area contributed by atoms with Crippen molar-refractivity contribution >= 4 is 11.8 Å². The van der Waals surface area contributed by atoms with Crippen molar-refractivity contribution in [3.05, 3.63) is 84.2 Å². The van der Waals surface area contributed by atoms with E-state index in [4.69, 9.17) is 0 Å². The molecule has 0 radical (unpaired) electrons. The number of nitrogens with one attached hydrogen (secondary N) is 1. The molecule has 5 nitrogen and oxygen atoms in total. The number of carbonyl (C=O) groups excluding carboxylic acids is 2. The SMILES string of the molecule is C=CCC(O)(C(=O)N1CCC2(CC1)CC(=O)NCC2c1ccc(F)cc1)c1ccccc1. The summed E-state index contributed by atoms with van der Waals surface area (Å²) in [6.07, 6.45) is 3.36. The van der Waals surface area contributed by atoms with Crippen LogP contribution >= 0.6 is 0 Å². The maximum Gasteiger partial charge on any atom is 0.259 e. The van der Waals surface area contributed by atoms with Gasteiger partial charge in [-0.1, -0.05) is 48.5 Å². The van der Waals surface area contributed by atoms with Gasteiger partial charge in [0.25, 0.3) is 5.91 Å². The molecule has 2 unspecified atom stereocenters. The molecule has 2 aliphatic heterocycles. The third-order valence-electron chi connectivity index (χ3n) is 7.12. The smallest absolute Gasteiger partial charge is 0.259 e. The molecule has 0 aromatic heterocycles. The minimum Gasteiger partial charge on any atom is -0.375 e. The minimum atomic E-state index is -1.66. The molecule has 2 saturated heterocycles. The molecule has 2 aromatic rings. The van der Waals surface area contributed by atoms with Gasteiger partial charge < -0.3 is 15.3 Å². The van der Waals surface area contributed by atoms with Crippen molar-refractivity contribution in [3.63, 3.8) is 0 Å². The topological polar surface area (TPSA) is 69.6 Å². The molecule has 1 spiro atoms. The van der Waals surface area contributed by atoms with Gasteiger partial charge in [-0.3, -0.25) is 9.59 Å². The van der Waals surface area contributed by atoms with Crippen LogP contribution in [-0.4, -0.2) is 41.5 Å². The van der Waals surface area contributed by atoms with E-state index in [2.05, 4.69) is 11.9 Å². The van der Waals surface area contributed by atoms with Crippen LogP contribution in [0.25, 0.3) is 0 Å². The fraction of sp³-hybridized carbons (Fsp3) is 0.385. The lowest BCUT2D eigenvalue weighted by atomic mass is 9.62. The number of amides is 2. The Morgan fingerprint density at radius 1 is 1.19 bits per heavy atom. The van der Waals surface area contributed by atoms with E-state index in [1.54, 1.807) is 47.4 Å². The Kier molecular flexibility index (Phi) is 6.15. The molecule has 2 fully saturated rings. The Hall–Kier alpha value is -2.99. The number of halogens is 1. The fourth-order valence-corrected chi connectivity index (χ4v) is 5.30. The van der Waals surface area contributed by atoms with E-state index in [1.807, 2.05) is 6.07 Å². The number of benzene rings is 2. The van der Waals surface area contributed by atoms with E-state index in [-0.39, 0.29) is 35.4 Å². The molecule has 32 heavy (non-hydrogen) atoms. The van der Waals surface area contributed by atoms with Crippen molar-refractivity contribution in [3.8, 4) is 0 Å². The number of nitrogens with zero attached hydrogens (tertiary/aromatic N) is 1. The fourth-order valence-electron chi connectivity index (χ4n) is 5.30. The largest absolute Gasteiger partial charge is 0.375 e. The average molecular weight is 437 g/mol. The third-order valence-corrected chi connectivity index (χ3v) is 7.12. The highest BCUT2D eigenvalue weighted by Gasteiger charge is 2.49. The summed E-state index contributed by atoms with van der Waals surface area (Å²) in [5, 5.41) is 14.3. The van der Waals surface area contributed by atoms with Crippen LogP contribution in [0.5, 0.6) is 0 Å². The average Bonchev–Trinajstić information content (AvgIpc) is 2.81. The van der Waals surface area contributed by atoms with Crippen molar-refractivity contribution < 1.29 is 19.1 Å². The first-order chi connectivity index (χ1) is 15.4. The molecular weight excluding hydrogens is 407 g/mol. The van der Waals surface area contributed by atoms with Crippen LogP contribution in [-0.2, 0) is 15.2 Å². The van der Waals surface area contributed by atoms with Crippen molar-refractivity contribution in [2.45, 2.75) is 37.2 Å². The Bertz CT molecular complexity index is 984. The van der Waals surface area contributed by atoms with Crippen LogP contribution in [0.2, 0.25) is 0 Å². The molecular formula is C26H29FN2O3. The van der Waals surface area contributed by atoms with Crippen LogP contribution in [0.1, 0.15) is 42.7 Å². The second kappa shape index (κ2) is 8.87. The first-order valence-electron chi connectivity index (χ1n) is 11.1. The molecule has 0 saturated carbocycles. The maximum atomic E-state index is 13.5. The Morgan fingerprint density at radius 2 is 1.84 bits per heavy atom. The van der Waals surface area contributed by atoms with Gasteiger partial charge in [0.05, 0.1) is 0 Å². The summed E-state index contributed by atoms with van der Waals surface area (Å²) in [5.74, 6) is -0.558. The Morgan fingerprint density at radius 3 is 2.47 bits per heavy atom. The molecule has 2 N–H and O–H groups in total. The number of hydrogen-bond acceptors (Lipinski definition) is 3. The second-order valence-electron chi connectivity index (χ2n) is 8.96. The molecule has 0 aliphatic carbocycles. The van der Waals surface area contributed by atoms with Gasteiger partial charge in [-0.05, 0) is 41.5 Å². The second-order valence-corrected chi connectivity index (χ2v) is 8.96. The molecule has 2 heterocycles. The van der Waals surface area contributed by atoms with Crippen LogP contribution in [0.15, 0.2) is 67.3 Å². The summed E-state index contributed by atoms with van der Waals surface area (Å²) in [6.45, 7) is 5.13. The highest BCUT2D eigenvalue weighted by Crippen LogP contribution is 2.49.